The molecule has 0 amide bonds. The minimum atomic E-state index is 0. The van der Waals surface area contributed by atoms with E-state index in [4.69, 9.17) is 4.42 Å². The topological polar surface area (TPSA) is 51.8 Å². The third kappa shape index (κ3) is 5.81. The Kier molecular flexibility index (Phi) is 8.66. The largest absolute Gasteiger partial charge is 0.500 e. The van der Waals surface area contributed by atoms with Crippen LogP contribution in [0.25, 0.3) is 66.4 Å². The SMILES string of the molecule is Cc1cc2ccncc2c(-c2cccc3c2oc2c(-c4ccccn4)[c-]ccc23)c1C.Cc1ccc(-c2[c-]cccc2)nc1.[Ir]. The van der Waals surface area contributed by atoms with Crippen molar-refractivity contribution in [3.05, 3.63) is 151 Å². The molecule has 4 heterocycles. The fraction of sp³-hybridized carbons (Fsp3) is 0.0750. The van der Waals surface area contributed by atoms with Crippen molar-refractivity contribution in [1.82, 2.24) is 15.0 Å². The zero-order valence-corrected chi connectivity index (χ0v) is 27.5. The van der Waals surface area contributed by atoms with E-state index in [1.54, 1.807) is 6.20 Å². The maximum absolute atomic E-state index is 6.58. The Morgan fingerprint density at radius 2 is 1.51 bits per heavy atom. The van der Waals surface area contributed by atoms with Crippen molar-refractivity contribution in [3.63, 3.8) is 0 Å². The van der Waals surface area contributed by atoms with Gasteiger partial charge in [0.25, 0.3) is 0 Å². The number of hydrogen-bond donors (Lipinski definition) is 0. The summed E-state index contributed by atoms with van der Waals surface area (Å²) in [5.41, 5.74) is 11.4. The normalized spacial score (nSPS) is 10.8. The molecule has 0 bridgehead atoms. The Labute approximate surface area is 276 Å². The summed E-state index contributed by atoms with van der Waals surface area (Å²) in [6.45, 7) is 6.36. The second-order valence-corrected chi connectivity index (χ2v) is 10.9. The monoisotopic (exact) mass is 760 g/mol. The molecule has 0 atom stereocenters. The van der Waals surface area contributed by atoms with E-state index in [-0.39, 0.29) is 20.1 Å². The van der Waals surface area contributed by atoms with Crippen LogP contribution < -0.4 is 0 Å². The summed E-state index contributed by atoms with van der Waals surface area (Å²) < 4.78 is 6.58. The van der Waals surface area contributed by atoms with Gasteiger partial charge in [-0.1, -0.05) is 59.5 Å². The molecular weight excluding hydrogens is 731 g/mol. The zero-order valence-electron chi connectivity index (χ0n) is 25.1. The van der Waals surface area contributed by atoms with Crippen molar-refractivity contribution in [2.75, 3.05) is 0 Å². The third-order valence-electron chi connectivity index (χ3n) is 8.01. The van der Waals surface area contributed by atoms with E-state index in [1.807, 2.05) is 80.1 Å². The fourth-order valence-electron chi connectivity index (χ4n) is 5.67. The van der Waals surface area contributed by atoms with Crippen molar-refractivity contribution >= 4 is 32.7 Å². The first-order chi connectivity index (χ1) is 21.6. The Balaban J connectivity index is 0.000000215. The molecule has 4 nitrogen and oxygen atoms in total. The van der Waals surface area contributed by atoms with Crippen LogP contribution in [-0.2, 0) is 20.1 Å². The summed E-state index contributed by atoms with van der Waals surface area (Å²) in [4.78, 5) is 13.2. The maximum Gasteiger partial charge on any atom is 0.128 e. The minimum absolute atomic E-state index is 0. The standard InChI is InChI=1S/C28H19N2O.C12H10N.Ir/c1-17-15-19-12-14-29-16-24(19)26(18(17)2)23-10-6-8-21-20-7-5-9-22(27(20)31-28(21)23)25-11-3-4-13-30-25;1-10-7-8-12(13-9-10)11-5-3-2-4-6-11;/h3-8,10-16H,1-2H3;2-5,7-9H,1H3;/q2*-1;. The Morgan fingerprint density at radius 3 is 2.29 bits per heavy atom. The zero-order chi connectivity index (χ0) is 30.0. The second-order valence-electron chi connectivity index (χ2n) is 10.9. The van der Waals surface area contributed by atoms with Crippen LogP contribution in [0.2, 0.25) is 0 Å². The van der Waals surface area contributed by atoms with Gasteiger partial charge >= 0.3 is 0 Å². The van der Waals surface area contributed by atoms with Gasteiger partial charge in [0, 0.05) is 61.2 Å². The number of furan rings is 1. The second kappa shape index (κ2) is 13.0. The van der Waals surface area contributed by atoms with Crippen LogP contribution in [0.15, 0.2) is 126 Å². The van der Waals surface area contributed by atoms with E-state index in [0.29, 0.717) is 0 Å². The molecule has 0 N–H and O–H groups in total. The molecule has 1 radical (unpaired) electrons. The first-order valence-electron chi connectivity index (χ1n) is 14.6. The van der Waals surface area contributed by atoms with Gasteiger partial charge in [-0.15, -0.1) is 54.1 Å². The number of nitrogens with zero attached hydrogens (tertiary/aromatic N) is 3. The molecule has 5 heteroatoms. The van der Waals surface area contributed by atoms with Crippen LogP contribution in [0, 0.1) is 32.9 Å². The van der Waals surface area contributed by atoms with Crippen molar-refractivity contribution in [3.8, 4) is 33.6 Å². The maximum atomic E-state index is 6.58. The number of pyridine rings is 3. The van der Waals surface area contributed by atoms with Crippen LogP contribution in [0.5, 0.6) is 0 Å². The number of para-hydroxylation sites is 1. The first kappa shape index (κ1) is 30.1. The summed E-state index contributed by atoms with van der Waals surface area (Å²) in [6, 6.07) is 39.0. The van der Waals surface area contributed by atoms with E-state index in [2.05, 4.69) is 83.4 Å². The van der Waals surface area contributed by atoms with Crippen molar-refractivity contribution in [2.45, 2.75) is 20.8 Å². The molecule has 0 saturated heterocycles. The van der Waals surface area contributed by atoms with E-state index < -0.39 is 0 Å². The van der Waals surface area contributed by atoms with E-state index in [9.17, 15) is 0 Å². The summed E-state index contributed by atoms with van der Waals surface area (Å²) in [6.07, 6.45) is 7.46. The number of hydrogen-bond acceptors (Lipinski definition) is 4. The van der Waals surface area contributed by atoms with Gasteiger partial charge < -0.3 is 14.4 Å². The number of rotatable bonds is 3. The van der Waals surface area contributed by atoms with Gasteiger partial charge in [0.05, 0.1) is 5.58 Å². The molecule has 0 aliphatic heterocycles. The Bertz CT molecular complexity index is 2240. The molecular formula is C40H29IrN3O-2. The number of fused-ring (bicyclic) bond motifs is 4. The molecule has 0 unspecified atom stereocenters. The summed E-state index contributed by atoms with van der Waals surface area (Å²) in [5.74, 6) is 0. The Morgan fingerprint density at radius 1 is 0.644 bits per heavy atom. The smallest absolute Gasteiger partial charge is 0.128 e. The average molecular weight is 760 g/mol. The van der Waals surface area contributed by atoms with E-state index in [0.717, 1.165) is 55.4 Å². The minimum Gasteiger partial charge on any atom is -0.500 e. The van der Waals surface area contributed by atoms with E-state index >= 15 is 0 Å². The molecule has 0 fully saturated rings. The number of benzene rings is 4. The molecule has 0 aliphatic rings. The van der Waals surface area contributed by atoms with Gasteiger partial charge in [0.2, 0.25) is 0 Å². The van der Waals surface area contributed by atoms with Crippen molar-refractivity contribution in [2.24, 2.45) is 0 Å². The molecule has 0 spiro atoms. The summed E-state index contributed by atoms with van der Waals surface area (Å²) in [5, 5.41) is 4.49. The van der Waals surface area contributed by atoms with Crippen molar-refractivity contribution < 1.29 is 24.5 Å². The third-order valence-corrected chi connectivity index (χ3v) is 8.01. The molecule has 8 rings (SSSR count). The van der Waals surface area contributed by atoms with Gasteiger partial charge in [-0.2, -0.15) is 0 Å². The first-order valence-corrected chi connectivity index (χ1v) is 14.6. The van der Waals surface area contributed by atoms with Gasteiger partial charge in [-0.3, -0.25) is 4.98 Å². The number of aromatic nitrogens is 3. The molecule has 0 saturated carbocycles. The quantitative estimate of drug-likeness (QED) is 0.168. The molecule has 45 heavy (non-hydrogen) atoms. The number of aryl methyl sites for hydroxylation is 2. The summed E-state index contributed by atoms with van der Waals surface area (Å²) >= 11 is 0. The fourth-order valence-corrected chi connectivity index (χ4v) is 5.67. The van der Waals surface area contributed by atoms with Gasteiger partial charge in [-0.05, 0) is 71.9 Å². The molecule has 8 aromatic rings. The van der Waals surface area contributed by atoms with E-state index in [1.165, 1.54) is 27.6 Å². The van der Waals surface area contributed by atoms with Crippen LogP contribution in [0.1, 0.15) is 16.7 Å². The molecule has 221 valence electrons. The summed E-state index contributed by atoms with van der Waals surface area (Å²) in [7, 11) is 0. The van der Waals surface area contributed by atoms with Crippen molar-refractivity contribution in [1.29, 1.82) is 0 Å². The van der Waals surface area contributed by atoms with Gasteiger partial charge in [0.15, 0.2) is 0 Å². The molecule has 4 aromatic heterocycles. The average Bonchev–Trinajstić information content (AvgIpc) is 3.46. The van der Waals surface area contributed by atoms with Gasteiger partial charge in [0.1, 0.15) is 5.58 Å². The van der Waals surface area contributed by atoms with Gasteiger partial charge in [-0.25, -0.2) is 0 Å². The van der Waals surface area contributed by atoms with Crippen LogP contribution >= 0.6 is 0 Å². The predicted octanol–water partition coefficient (Wildman–Crippen LogP) is 10.1. The molecule has 4 aromatic carbocycles. The van der Waals surface area contributed by atoms with Crippen LogP contribution in [0.4, 0.5) is 0 Å². The predicted molar refractivity (Wildman–Crippen MR) is 179 cm³/mol. The molecule has 0 aliphatic carbocycles. The van der Waals surface area contributed by atoms with Crippen LogP contribution in [0.3, 0.4) is 0 Å². The Hall–Kier alpha value is -4.96. The van der Waals surface area contributed by atoms with Crippen LogP contribution in [-0.4, -0.2) is 15.0 Å².